The number of ether oxygens (including phenoxy) is 1. The number of thioether (sulfide) groups is 1. The smallest absolute Gasteiger partial charge is 0.340 e. The lowest BCUT2D eigenvalue weighted by Crippen LogP contribution is -2.12. The lowest BCUT2D eigenvalue weighted by molar-refractivity contribution is 0.0603. The Morgan fingerprint density at radius 2 is 1.77 bits per heavy atom. The fourth-order valence-electron chi connectivity index (χ4n) is 3.14. The van der Waals surface area contributed by atoms with Gasteiger partial charge in [0, 0.05) is 17.3 Å². The third-order valence-corrected chi connectivity index (χ3v) is 5.15. The SMILES string of the molecule is COC(=O)c1cn(C(=O)CSCc2cc(C)cc(C)c2)c2ccccc12. The van der Waals surface area contributed by atoms with Crippen LogP contribution in [0.25, 0.3) is 10.9 Å². The molecular formula is C21H21NO3S. The first kappa shape index (κ1) is 18.3. The molecular weight excluding hydrogens is 346 g/mol. The van der Waals surface area contributed by atoms with Gasteiger partial charge in [0.05, 0.1) is 23.9 Å². The van der Waals surface area contributed by atoms with Crippen molar-refractivity contribution >= 4 is 34.5 Å². The Labute approximate surface area is 157 Å². The first-order chi connectivity index (χ1) is 12.5. The molecule has 0 aliphatic heterocycles. The number of aryl methyl sites for hydroxylation is 2. The van der Waals surface area contributed by atoms with E-state index in [0.717, 1.165) is 16.7 Å². The van der Waals surface area contributed by atoms with Gasteiger partial charge >= 0.3 is 5.97 Å². The number of fused-ring (bicyclic) bond motifs is 1. The van der Waals surface area contributed by atoms with Crippen molar-refractivity contribution < 1.29 is 14.3 Å². The topological polar surface area (TPSA) is 48.3 Å². The fourth-order valence-corrected chi connectivity index (χ4v) is 3.95. The second-order valence-electron chi connectivity index (χ2n) is 6.30. The number of hydrogen-bond acceptors (Lipinski definition) is 4. The van der Waals surface area contributed by atoms with E-state index in [2.05, 4.69) is 32.0 Å². The molecule has 0 N–H and O–H groups in total. The first-order valence-corrected chi connectivity index (χ1v) is 9.51. The third kappa shape index (κ3) is 3.83. The Balaban J connectivity index is 1.76. The normalized spacial score (nSPS) is 10.9. The predicted molar refractivity (Wildman–Crippen MR) is 106 cm³/mol. The van der Waals surface area contributed by atoms with Crippen LogP contribution in [0.2, 0.25) is 0 Å². The molecule has 0 saturated heterocycles. The number of hydrogen-bond donors (Lipinski definition) is 0. The Kier molecular flexibility index (Phi) is 5.47. The molecule has 0 atom stereocenters. The van der Waals surface area contributed by atoms with E-state index < -0.39 is 5.97 Å². The van der Waals surface area contributed by atoms with E-state index in [0.29, 0.717) is 11.3 Å². The van der Waals surface area contributed by atoms with Gasteiger partial charge in [-0.1, -0.05) is 47.5 Å². The van der Waals surface area contributed by atoms with E-state index in [4.69, 9.17) is 4.74 Å². The standard InChI is InChI=1S/C21H21NO3S/c1-14-8-15(2)10-16(9-14)12-26-13-20(23)22-11-18(21(24)25-3)17-6-4-5-7-19(17)22/h4-11H,12-13H2,1-3H3. The molecule has 0 spiro atoms. The van der Waals surface area contributed by atoms with Gasteiger partial charge in [-0.05, 0) is 25.5 Å². The minimum Gasteiger partial charge on any atom is -0.465 e. The Hall–Kier alpha value is -2.53. The van der Waals surface area contributed by atoms with Crippen molar-refractivity contribution in [2.75, 3.05) is 12.9 Å². The van der Waals surface area contributed by atoms with Crippen molar-refractivity contribution in [3.63, 3.8) is 0 Å². The molecule has 2 aromatic carbocycles. The summed E-state index contributed by atoms with van der Waals surface area (Å²) in [5.74, 6) is 0.630. The largest absolute Gasteiger partial charge is 0.465 e. The zero-order chi connectivity index (χ0) is 18.7. The highest BCUT2D eigenvalue weighted by atomic mass is 32.2. The molecule has 1 aromatic heterocycles. The minimum atomic E-state index is -0.435. The molecule has 0 saturated carbocycles. The van der Waals surface area contributed by atoms with Crippen LogP contribution in [0.5, 0.6) is 0 Å². The van der Waals surface area contributed by atoms with E-state index >= 15 is 0 Å². The molecule has 0 fully saturated rings. The van der Waals surface area contributed by atoms with Crippen LogP contribution in [0.15, 0.2) is 48.7 Å². The van der Waals surface area contributed by atoms with Crippen LogP contribution < -0.4 is 0 Å². The number of esters is 1. The molecule has 0 radical (unpaired) electrons. The first-order valence-electron chi connectivity index (χ1n) is 8.36. The highest BCUT2D eigenvalue weighted by Crippen LogP contribution is 2.23. The van der Waals surface area contributed by atoms with Crippen LogP contribution in [0.4, 0.5) is 0 Å². The number of para-hydroxylation sites is 1. The highest BCUT2D eigenvalue weighted by molar-refractivity contribution is 7.99. The van der Waals surface area contributed by atoms with Gasteiger partial charge in [0.1, 0.15) is 0 Å². The number of carbonyl (C=O) groups is 2. The summed E-state index contributed by atoms with van der Waals surface area (Å²) < 4.78 is 6.38. The van der Waals surface area contributed by atoms with Crippen LogP contribution in [0.3, 0.4) is 0 Å². The van der Waals surface area contributed by atoms with Crippen molar-refractivity contribution in [1.29, 1.82) is 0 Å². The molecule has 0 aliphatic carbocycles. The second kappa shape index (κ2) is 7.79. The van der Waals surface area contributed by atoms with Crippen molar-refractivity contribution in [3.8, 4) is 0 Å². The number of benzene rings is 2. The summed E-state index contributed by atoms with van der Waals surface area (Å²) in [6.45, 7) is 4.15. The van der Waals surface area contributed by atoms with E-state index in [1.165, 1.54) is 23.8 Å². The molecule has 0 aliphatic rings. The van der Waals surface area contributed by atoms with Gasteiger partial charge in [0.25, 0.3) is 0 Å². The highest BCUT2D eigenvalue weighted by Gasteiger charge is 2.18. The fraction of sp³-hybridized carbons (Fsp3) is 0.238. The lowest BCUT2D eigenvalue weighted by atomic mass is 10.1. The average Bonchev–Trinajstić information content (AvgIpc) is 3.00. The number of rotatable bonds is 5. The Morgan fingerprint density at radius 1 is 1.08 bits per heavy atom. The van der Waals surface area contributed by atoms with Gasteiger partial charge in [0.15, 0.2) is 0 Å². The minimum absolute atomic E-state index is 0.0503. The van der Waals surface area contributed by atoms with Gasteiger partial charge in [-0.3, -0.25) is 9.36 Å². The number of methoxy groups -OCH3 is 1. The van der Waals surface area contributed by atoms with Crippen LogP contribution in [-0.2, 0) is 10.5 Å². The summed E-state index contributed by atoms with van der Waals surface area (Å²) in [7, 11) is 1.34. The van der Waals surface area contributed by atoms with Gasteiger partial charge in [-0.25, -0.2) is 4.79 Å². The van der Waals surface area contributed by atoms with Crippen molar-refractivity contribution in [2.45, 2.75) is 19.6 Å². The summed E-state index contributed by atoms with van der Waals surface area (Å²) in [6, 6.07) is 13.8. The monoisotopic (exact) mass is 367 g/mol. The zero-order valence-corrected chi connectivity index (χ0v) is 15.9. The summed E-state index contributed by atoms with van der Waals surface area (Å²) in [6.07, 6.45) is 1.58. The number of carbonyl (C=O) groups excluding carboxylic acids is 2. The predicted octanol–water partition coefficient (Wildman–Crippen LogP) is 4.62. The van der Waals surface area contributed by atoms with Gasteiger partial charge in [-0.15, -0.1) is 11.8 Å². The maximum absolute atomic E-state index is 12.7. The molecule has 0 unspecified atom stereocenters. The maximum atomic E-state index is 12.7. The lowest BCUT2D eigenvalue weighted by Gasteiger charge is -2.06. The van der Waals surface area contributed by atoms with Crippen molar-refractivity contribution in [1.82, 2.24) is 4.57 Å². The van der Waals surface area contributed by atoms with E-state index in [1.54, 1.807) is 22.5 Å². The average molecular weight is 367 g/mol. The summed E-state index contributed by atoms with van der Waals surface area (Å²) in [5, 5.41) is 0.729. The quantitative estimate of drug-likeness (QED) is 0.618. The van der Waals surface area contributed by atoms with Crippen LogP contribution in [0.1, 0.15) is 31.8 Å². The zero-order valence-electron chi connectivity index (χ0n) is 15.1. The Bertz CT molecular complexity index is 954. The summed E-state index contributed by atoms with van der Waals surface area (Å²) in [5.41, 5.74) is 4.81. The molecule has 26 heavy (non-hydrogen) atoms. The van der Waals surface area contributed by atoms with Crippen LogP contribution >= 0.6 is 11.8 Å². The third-order valence-electron chi connectivity index (χ3n) is 4.16. The van der Waals surface area contributed by atoms with Crippen molar-refractivity contribution in [3.05, 3.63) is 70.9 Å². The van der Waals surface area contributed by atoms with Gasteiger partial charge < -0.3 is 4.74 Å². The summed E-state index contributed by atoms with van der Waals surface area (Å²) in [4.78, 5) is 24.7. The van der Waals surface area contributed by atoms with E-state index in [-0.39, 0.29) is 5.91 Å². The molecule has 0 amide bonds. The molecule has 5 heteroatoms. The number of nitrogens with zero attached hydrogens (tertiary/aromatic N) is 1. The van der Waals surface area contributed by atoms with Gasteiger partial charge in [-0.2, -0.15) is 0 Å². The molecule has 134 valence electrons. The van der Waals surface area contributed by atoms with Crippen LogP contribution in [-0.4, -0.2) is 29.3 Å². The molecule has 4 nitrogen and oxygen atoms in total. The number of aromatic nitrogens is 1. The molecule has 3 rings (SSSR count). The Morgan fingerprint density at radius 3 is 2.46 bits per heavy atom. The molecule has 3 aromatic rings. The van der Waals surface area contributed by atoms with Gasteiger partial charge in [0.2, 0.25) is 5.91 Å². The van der Waals surface area contributed by atoms with E-state index in [9.17, 15) is 9.59 Å². The summed E-state index contributed by atoms with van der Waals surface area (Å²) >= 11 is 1.57. The second-order valence-corrected chi connectivity index (χ2v) is 7.29. The van der Waals surface area contributed by atoms with E-state index in [1.807, 2.05) is 24.3 Å². The maximum Gasteiger partial charge on any atom is 0.340 e. The van der Waals surface area contributed by atoms with Crippen molar-refractivity contribution in [2.24, 2.45) is 0 Å². The molecule has 0 bridgehead atoms. The molecule has 1 heterocycles. The van der Waals surface area contributed by atoms with Crippen LogP contribution in [0, 0.1) is 13.8 Å².